The van der Waals surface area contributed by atoms with Crippen molar-refractivity contribution in [2.75, 3.05) is 11.9 Å². The number of hydrogen-bond donors (Lipinski definition) is 0. The van der Waals surface area contributed by atoms with Crippen molar-refractivity contribution >= 4 is 11.4 Å². The molecular weight excluding hydrogens is 318 g/mol. The first-order valence-corrected chi connectivity index (χ1v) is 10.3. The minimum absolute atomic E-state index is 0.429. The Kier molecular flexibility index (Phi) is 2.94. The maximum atomic E-state index is 6.39. The van der Waals surface area contributed by atoms with Gasteiger partial charge in [0.1, 0.15) is 0 Å². The number of ether oxygens (including phenoxy) is 1. The first-order chi connectivity index (χ1) is 12.6. The van der Waals surface area contributed by atoms with Gasteiger partial charge in [-0.1, -0.05) is 12.1 Å². The van der Waals surface area contributed by atoms with Crippen LogP contribution in [-0.4, -0.2) is 7.05 Å². The molecule has 4 bridgehead atoms. The van der Waals surface area contributed by atoms with Crippen molar-refractivity contribution in [2.45, 2.75) is 50.9 Å². The van der Waals surface area contributed by atoms with E-state index in [1.54, 1.807) is 5.56 Å². The Bertz CT molecular complexity index is 864. The SMILES string of the molecule is Cc1ccc2c(c1)Oc1cc(C34CC5CC(CC(C5)C3)C4)ccc1N2C. The molecule has 2 nitrogen and oxygen atoms in total. The number of nitrogens with zero attached hydrogens (tertiary/aromatic N) is 1. The first kappa shape index (κ1) is 15.1. The van der Waals surface area contributed by atoms with Gasteiger partial charge in [-0.2, -0.15) is 0 Å². The van der Waals surface area contributed by atoms with Crippen LogP contribution in [0.15, 0.2) is 36.4 Å². The molecule has 1 heterocycles. The van der Waals surface area contributed by atoms with E-state index in [4.69, 9.17) is 4.74 Å². The maximum absolute atomic E-state index is 6.39. The van der Waals surface area contributed by atoms with E-state index in [9.17, 15) is 0 Å². The van der Waals surface area contributed by atoms with Crippen LogP contribution < -0.4 is 9.64 Å². The molecule has 4 saturated carbocycles. The van der Waals surface area contributed by atoms with E-state index in [1.807, 2.05) is 0 Å². The van der Waals surface area contributed by atoms with Gasteiger partial charge in [0.05, 0.1) is 11.4 Å². The van der Waals surface area contributed by atoms with Crippen LogP contribution in [0, 0.1) is 24.7 Å². The Hall–Kier alpha value is -1.96. The fourth-order valence-corrected chi connectivity index (χ4v) is 6.90. The quantitative estimate of drug-likeness (QED) is 0.598. The van der Waals surface area contributed by atoms with Crippen molar-refractivity contribution < 1.29 is 4.74 Å². The summed E-state index contributed by atoms with van der Waals surface area (Å²) in [5, 5.41) is 0. The minimum atomic E-state index is 0.429. The Morgan fingerprint density at radius 3 is 2.08 bits per heavy atom. The predicted octanol–water partition coefficient (Wildman–Crippen LogP) is 6.34. The van der Waals surface area contributed by atoms with Crippen LogP contribution in [0.25, 0.3) is 0 Å². The molecule has 26 heavy (non-hydrogen) atoms. The number of rotatable bonds is 1. The lowest BCUT2D eigenvalue weighted by atomic mass is 9.48. The van der Waals surface area contributed by atoms with Crippen molar-refractivity contribution in [3.8, 4) is 11.5 Å². The molecule has 0 aromatic heterocycles. The molecule has 5 aliphatic rings. The second-order valence-electron chi connectivity index (χ2n) is 9.51. The van der Waals surface area contributed by atoms with Crippen LogP contribution in [-0.2, 0) is 5.41 Å². The molecule has 0 amide bonds. The monoisotopic (exact) mass is 345 g/mol. The lowest BCUT2D eigenvalue weighted by molar-refractivity contribution is -0.00525. The standard InChI is InChI=1S/C24H27NO/c1-15-3-5-20-22(7-15)26-23-11-19(4-6-21(23)25(20)2)24-12-16-8-17(13-24)10-18(9-16)14-24/h3-7,11,16-18H,8-10,12-14H2,1-2H3. The number of hydrogen-bond acceptors (Lipinski definition) is 2. The predicted molar refractivity (Wildman–Crippen MR) is 106 cm³/mol. The Morgan fingerprint density at radius 1 is 0.846 bits per heavy atom. The molecule has 7 rings (SSSR count). The van der Waals surface area contributed by atoms with Gasteiger partial charge in [0, 0.05) is 7.05 Å². The highest BCUT2D eigenvalue weighted by Gasteiger charge is 2.51. The summed E-state index contributed by atoms with van der Waals surface area (Å²) in [5.74, 6) is 4.96. The largest absolute Gasteiger partial charge is 0.453 e. The maximum Gasteiger partial charge on any atom is 0.151 e. The number of aryl methyl sites for hydroxylation is 1. The van der Waals surface area contributed by atoms with Gasteiger partial charge in [-0.05, 0) is 104 Å². The zero-order valence-electron chi connectivity index (χ0n) is 15.8. The second-order valence-corrected chi connectivity index (χ2v) is 9.51. The third kappa shape index (κ3) is 2.05. The van der Waals surface area contributed by atoms with Crippen LogP contribution in [0.4, 0.5) is 11.4 Å². The summed E-state index contributed by atoms with van der Waals surface area (Å²) in [4.78, 5) is 2.27. The summed E-state index contributed by atoms with van der Waals surface area (Å²) in [6.45, 7) is 2.13. The zero-order valence-corrected chi connectivity index (χ0v) is 15.8. The smallest absolute Gasteiger partial charge is 0.151 e. The van der Waals surface area contributed by atoms with E-state index in [2.05, 4.69) is 55.3 Å². The summed E-state index contributed by atoms with van der Waals surface area (Å²) in [6, 6.07) is 13.6. The van der Waals surface area contributed by atoms with Crippen molar-refractivity contribution in [3.63, 3.8) is 0 Å². The molecule has 0 saturated heterocycles. The van der Waals surface area contributed by atoms with E-state index in [1.165, 1.54) is 49.8 Å². The highest BCUT2D eigenvalue weighted by molar-refractivity contribution is 5.78. The summed E-state index contributed by atoms with van der Waals surface area (Å²) >= 11 is 0. The molecule has 0 atom stereocenters. The lowest BCUT2D eigenvalue weighted by Crippen LogP contribution is -2.48. The van der Waals surface area contributed by atoms with Crippen LogP contribution in [0.3, 0.4) is 0 Å². The van der Waals surface area contributed by atoms with Gasteiger partial charge in [0.2, 0.25) is 0 Å². The summed E-state index contributed by atoms with van der Waals surface area (Å²) in [6.07, 6.45) is 8.71. The molecule has 0 unspecified atom stereocenters. The number of benzene rings is 2. The fourth-order valence-electron chi connectivity index (χ4n) is 6.90. The van der Waals surface area contributed by atoms with E-state index in [-0.39, 0.29) is 0 Å². The van der Waals surface area contributed by atoms with E-state index >= 15 is 0 Å². The Labute approximate surface area is 156 Å². The summed E-state index contributed by atoms with van der Waals surface area (Å²) < 4.78 is 6.39. The van der Waals surface area contributed by atoms with Crippen molar-refractivity contribution in [3.05, 3.63) is 47.5 Å². The van der Waals surface area contributed by atoms with Gasteiger partial charge in [-0.15, -0.1) is 0 Å². The highest BCUT2D eigenvalue weighted by atomic mass is 16.5. The molecule has 1 aliphatic heterocycles. The molecule has 134 valence electrons. The van der Waals surface area contributed by atoms with Crippen LogP contribution in [0.1, 0.15) is 49.7 Å². The number of fused-ring (bicyclic) bond motifs is 2. The minimum Gasteiger partial charge on any atom is -0.453 e. The first-order valence-electron chi connectivity index (χ1n) is 10.3. The van der Waals surface area contributed by atoms with Gasteiger partial charge in [-0.25, -0.2) is 0 Å². The molecule has 0 radical (unpaired) electrons. The van der Waals surface area contributed by atoms with E-state index in [0.29, 0.717) is 5.41 Å². The van der Waals surface area contributed by atoms with Gasteiger partial charge >= 0.3 is 0 Å². The molecule has 4 aliphatic carbocycles. The van der Waals surface area contributed by atoms with Gasteiger partial charge in [0.15, 0.2) is 11.5 Å². The Morgan fingerprint density at radius 2 is 1.42 bits per heavy atom. The Balaban J connectivity index is 1.42. The molecule has 0 N–H and O–H groups in total. The number of anilines is 2. The normalized spacial score (nSPS) is 33.6. The van der Waals surface area contributed by atoms with Crippen molar-refractivity contribution in [2.24, 2.45) is 17.8 Å². The van der Waals surface area contributed by atoms with Gasteiger partial charge < -0.3 is 9.64 Å². The third-order valence-electron chi connectivity index (χ3n) is 7.67. The zero-order chi connectivity index (χ0) is 17.5. The highest BCUT2D eigenvalue weighted by Crippen LogP contribution is 2.61. The average molecular weight is 345 g/mol. The van der Waals surface area contributed by atoms with Gasteiger partial charge in [-0.3, -0.25) is 0 Å². The van der Waals surface area contributed by atoms with Gasteiger partial charge in [0.25, 0.3) is 0 Å². The molecule has 0 spiro atoms. The fraction of sp³-hybridized carbons (Fsp3) is 0.500. The third-order valence-corrected chi connectivity index (χ3v) is 7.67. The van der Waals surface area contributed by atoms with E-state index in [0.717, 1.165) is 34.9 Å². The summed E-state index contributed by atoms with van der Waals surface area (Å²) in [5.41, 5.74) is 5.57. The topological polar surface area (TPSA) is 12.5 Å². The van der Waals surface area contributed by atoms with E-state index < -0.39 is 0 Å². The molecule has 2 aromatic rings. The van der Waals surface area contributed by atoms with Crippen molar-refractivity contribution in [1.82, 2.24) is 0 Å². The molecule has 2 aromatic carbocycles. The molecule has 4 fully saturated rings. The van der Waals surface area contributed by atoms with Crippen LogP contribution >= 0.6 is 0 Å². The average Bonchev–Trinajstić information content (AvgIpc) is 2.60. The van der Waals surface area contributed by atoms with Crippen molar-refractivity contribution in [1.29, 1.82) is 0 Å². The molecular formula is C24H27NO. The second kappa shape index (κ2) is 5.06. The van der Waals surface area contributed by atoms with Crippen LogP contribution in [0.2, 0.25) is 0 Å². The summed E-state index contributed by atoms with van der Waals surface area (Å²) in [7, 11) is 2.15. The van der Waals surface area contributed by atoms with Crippen LogP contribution in [0.5, 0.6) is 11.5 Å². The molecule has 2 heteroatoms. The lowest BCUT2D eigenvalue weighted by Gasteiger charge is -2.57.